The van der Waals surface area contributed by atoms with Gasteiger partial charge in [0.15, 0.2) is 0 Å². The summed E-state index contributed by atoms with van der Waals surface area (Å²) in [4.78, 5) is 1.46. The van der Waals surface area contributed by atoms with Crippen LogP contribution in [0.5, 0.6) is 0 Å². The normalized spacial score (nSPS) is 14.1. The molecule has 0 radical (unpaired) electrons. The molecule has 0 amide bonds. The highest BCUT2D eigenvalue weighted by Gasteiger charge is 2.17. The maximum absolute atomic E-state index is 10.0. The predicted molar refractivity (Wildman–Crippen MR) is 95.5 cm³/mol. The third-order valence-corrected chi connectivity index (χ3v) is 4.24. The molecule has 3 nitrogen and oxygen atoms in total. The highest BCUT2D eigenvalue weighted by atomic mass is 16.3. The monoisotopic (exact) mass is 315 g/mol. The van der Waals surface area contributed by atoms with Gasteiger partial charge in [-0.15, -0.1) is 0 Å². The maximum Gasteiger partial charge on any atom is 0.118 e. The summed E-state index contributed by atoms with van der Waals surface area (Å²) < 4.78 is 2.33. The van der Waals surface area contributed by atoms with E-state index in [1.807, 2.05) is 0 Å². The molecule has 3 heteroatoms. The number of aliphatic hydroxyl groups is 1. The molecule has 1 aromatic carbocycles. The van der Waals surface area contributed by atoms with Crippen LogP contribution in [0.1, 0.15) is 38.4 Å². The molecule has 0 saturated heterocycles. The molecular weight excluding hydrogens is 284 g/mol. The van der Waals surface area contributed by atoms with Crippen molar-refractivity contribution in [3.8, 4) is 0 Å². The summed E-state index contributed by atoms with van der Waals surface area (Å²) in [5.74, 6) is 0.631. The highest BCUT2D eigenvalue weighted by molar-refractivity contribution is 5.17. The summed E-state index contributed by atoms with van der Waals surface area (Å²) in [6.07, 6.45) is 2.78. The molecular formula is C20H31N2O+. The Morgan fingerprint density at radius 1 is 1.04 bits per heavy atom. The topological polar surface area (TPSA) is 29.6 Å². The van der Waals surface area contributed by atoms with E-state index < -0.39 is 0 Å². The lowest BCUT2D eigenvalue weighted by Gasteiger charge is -2.24. The van der Waals surface area contributed by atoms with Gasteiger partial charge in [-0.05, 0) is 24.1 Å². The second-order valence-electron chi connectivity index (χ2n) is 6.90. The minimum Gasteiger partial charge on any atom is -0.387 e. The largest absolute Gasteiger partial charge is 0.387 e. The molecule has 1 heterocycles. The van der Waals surface area contributed by atoms with Crippen LogP contribution in [0.3, 0.4) is 0 Å². The molecule has 0 fully saturated rings. The highest BCUT2D eigenvalue weighted by Crippen LogP contribution is 2.07. The van der Waals surface area contributed by atoms with Gasteiger partial charge in [-0.2, -0.15) is 0 Å². The molecule has 0 bridgehead atoms. The van der Waals surface area contributed by atoms with Crippen LogP contribution in [0.4, 0.5) is 0 Å². The van der Waals surface area contributed by atoms with Crippen LogP contribution in [0.15, 0.2) is 48.7 Å². The van der Waals surface area contributed by atoms with Gasteiger partial charge in [-0.25, -0.2) is 0 Å². The third kappa shape index (κ3) is 5.85. The summed E-state index contributed by atoms with van der Waals surface area (Å²) >= 11 is 0. The van der Waals surface area contributed by atoms with Gasteiger partial charge in [0.25, 0.3) is 0 Å². The fraction of sp³-hybridized carbons (Fsp3) is 0.500. The number of nitrogens with zero attached hydrogens (tertiary/aromatic N) is 1. The first-order valence-electron chi connectivity index (χ1n) is 8.78. The second kappa shape index (κ2) is 8.90. The fourth-order valence-corrected chi connectivity index (χ4v) is 3.08. The first kappa shape index (κ1) is 17.8. The third-order valence-electron chi connectivity index (χ3n) is 4.24. The van der Waals surface area contributed by atoms with Crippen molar-refractivity contribution in [1.29, 1.82) is 0 Å². The van der Waals surface area contributed by atoms with Gasteiger partial charge in [0.05, 0.1) is 12.2 Å². The average Bonchev–Trinajstić information content (AvgIpc) is 2.94. The Bertz CT molecular complexity index is 562. The molecule has 2 aromatic rings. The lowest BCUT2D eigenvalue weighted by Crippen LogP contribution is -3.12. The smallest absolute Gasteiger partial charge is 0.118 e. The summed E-state index contributed by atoms with van der Waals surface area (Å²) in [6, 6.07) is 14.9. The predicted octanol–water partition coefficient (Wildman–Crippen LogP) is 2.35. The molecule has 0 spiro atoms. The van der Waals surface area contributed by atoms with Crippen LogP contribution < -0.4 is 4.90 Å². The number of benzene rings is 1. The van der Waals surface area contributed by atoms with Crippen LogP contribution in [0.25, 0.3) is 0 Å². The van der Waals surface area contributed by atoms with Crippen molar-refractivity contribution in [1.82, 2.24) is 4.57 Å². The zero-order valence-electron chi connectivity index (χ0n) is 14.7. The van der Waals surface area contributed by atoms with Gasteiger partial charge >= 0.3 is 0 Å². The van der Waals surface area contributed by atoms with Crippen LogP contribution >= 0.6 is 0 Å². The number of aromatic nitrogens is 1. The van der Waals surface area contributed by atoms with Gasteiger partial charge in [0.1, 0.15) is 19.2 Å². The first-order valence-corrected chi connectivity index (χ1v) is 8.78. The lowest BCUT2D eigenvalue weighted by atomic mass is 10.1. The second-order valence-corrected chi connectivity index (χ2v) is 6.90. The van der Waals surface area contributed by atoms with E-state index in [0.717, 1.165) is 32.6 Å². The summed E-state index contributed by atoms with van der Waals surface area (Å²) in [6.45, 7) is 10.3. The molecule has 0 aliphatic carbocycles. The van der Waals surface area contributed by atoms with E-state index in [4.69, 9.17) is 0 Å². The standard InChI is InChI=1S/C20H30N2O/c1-4-20(23)16-21(13-17(2)3)15-19-11-8-12-22(19)14-18-9-6-5-7-10-18/h5-12,17,20,23H,4,13-16H2,1-3H3/p+1/t20-/m0/s1. The Balaban J connectivity index is 2.06. The lowest BCUT2D eigenvalue weighted by molar-refractivity contribution is -0.920. The number of aliphatic hydroxyl groups excluding tert-OH is 1. The Kier molecular flexibility index (Phi) is 6.87. The van der Waals surface area contributed by atoms with E-state index in [2.05, 4.69) is 74.0 Å². The van der Waals surface area contributed by atoms with E-state index in [1.54, 1.807) is 0 Å². The van der Waals surface area contributed by atoms with Crippen molar-refractivity contribution in [2.24, 2.45) is 5.92 Å². The molecule has 126 valence electrons. The average molecular weight is 315 g/mol. The van der Waals surface area contributed by atoms with Crippen molar-refractivity contribution in [3.05, 3.63) is 59.9 Å². The molecule has 23 heavy (non-hydrogen) atoms. The molecule has 0 aliphatic heterocycles. The van der Waals surface area contributed by atoms with E-state index in [-0.39, 0.29) is 6.10 Å². The summed E-state index contributed by atoms with van der Waals surface area (Å²) in [5.41, 5.74) is 2.66. The molecule has 1 aromatic heterocycles. The van der Waals surface area contributed by atoms with Crippen molar-refractivity contribution in [2.45, 2.75) is 46.4 Å². The van der Waals surface area contributed by atoms with Crippen molar-refractivity contribution in [3.63, 3.8) is 0 Å². The number of quaternary nitrogens is 1. The Morgan fingerprint density at radius 3 is 2.43 bits per heavy atom. The molecule has 0 saturated carbocycles. The van der Waals surface area contributed by atoms with Gasteiger partial charge in [-0.3, -0.25) is 0 Å². The number of hydrogen-bond donors (Lipinski definition) is 2. The molecule has 1 unspecified atom stereocenters. The van der Waals surface area contributed by atoms with Gasteiger partial charge in [0, 0.05) is 18.7 Å². The van der Waals surface area contributed by atoms with Crippen LogP contribution in [0, 0.1) is 5.92 Å². The number of hydrogen-bond acceptors (Lipinski definition) is 1. The van der Waals surface area contributed by atoms with Crippen LogP contribution in [-0.4, -0.2) is 28.9 Å². The van der Waals surface area contributed by atoms with Crippen LogP contribution in [-0.2, 0) is 13.1 Å². The van der Waals surface area contributed by atoms with Crippen molar-refractivity contribution >= 4 is 0 Å². The number of rotatable bonds is 9. The minimum absolute atomic E-state index is 0.207. The Morgan fingerprint density at radius 2 is 1.78 bits per heavy atom. The Labute approximate surface area is 140 Å². The van der Waals surface area contributed by atoms with E-state index in [0.29, 0.717) is 5.92 Å². The maximum atomic E-state index is 10.0. The summed E-state index contributed by atoms with van der Waals surface area (Å²) in [7, 11) is 0. The van der Waals surface area contributed by atoms with E-state index >= 15 is 0 Å². The molecule has 0 aliphatic rings. The van der Waals surface area contributed by atoms with Crippen molar-refractivity contribution in [2.75, 3.05) is 13.1 Å². The summed E-state index contributed by atoms with van der Waals surface area (Å²) in [5, 5.41) is 10.0. The first-order chi connectivity index (χ1) is 11.1. The molecule has 2 N–H and O–H groups in total. The Hall–Kier alpha value is -1.58. The minimum atomic E-state index is -0.207. The number of nitrogens with one attached hydrogen (secondary N) is 1. The van der Waals surface area contributed by atoms with Crippen LogP contribution in [0.2, 0.25) is 0 Å². The zero-order valence-corrected chi connectivity index (χ0v) is 14.7. The van der Waals surface area contributed by atoms with Gasteiger partial charge in [0.2, 0.25) is 0 Å². The SMILES string of the molecule is CC[C@H](O)C[NH+](Cc1cccn1Cc1ccccc1)CC(C)C. The van der Waals surface area contributed by atoms with Gasteiger partial charge < -0.3 is 14.6 Å². The molecule has 2 atom stereocenters. The zero-order chi connectivity index (χ0) is 16.7. The van der Waals surface area contributed by atoms with Crippen molar-refractivity contribution < 1.29 is 10.0 Å². The quantitative estimate of drug-likeness (QED) is 0.731. The molecule has 2 rings (SSSR count). The van der Waals surface area contributed by atoms with Gasteiger partial charge in [-0.1, -0.05) is 51.1 Å². The fourth-order valence-electron chi connectivity index (χ4n) is 3.08. The van der Waals surface area contributed by atoms with E-state index in [1.165, 1.54) is 16.2 Å². The van der Waals surface area contributed by atoms with E-state index in [9.17, 15) is 5.11 Å².